The van der Waals surface area contributed by atoms with Gasteiger partial charge in [-0.25, -0.2) is 4.79 Å². The molecule has 1 atom stereocenters. The van der Waals surface area contributed by atoms with Gasteiger partial charge in [0.05, 0.1) is 13.4 Å². The number of amides is 1. The Labute approximate surface area is 127 Å². The molecule has 0 saturated heterocycles. The van der Waals surface area contributed by atoms with Gasteiger partial charge < -0.3 is 19.0 Å². The fourth-order valence-corrected chi connectivity index (χ4v) is 1.98. The number of nitrogens with one attached hydrogen (secondary N) is 1. The molecule has 0 radical (unpaired) electrons. The topological polar surface area (TPSA) is 94.6 Å². The molecular weight excluding hydrogens is 288 g/mol. The van der Waals surface area contributed by atoms with E-state index in [2.05, 4.69) is 10.5 Å². The van der Waals surface area contributed by atoms with Crippen LogP contribution in [-0.2, 0) is 9.53 Å². The number of hydrogen-bond donors (Lipinski definition) is 1. The third-order valence-corrected chi connectivity index (χ3v) is 3.00. The summed E-state index contributed by atoms with van der Waals surface area (Å²) in [5.74, 6) is 0.0432. The molecular formula is C15H18N2O5. The lowest BCUT2D eigenvalue weighted by molar-refractivity contribution is -0.143. The molecule has 0 aromatic carbocycles. The van der Waals surface area contributed by atoms with Crippen molar-refractivity contribution in [1.29, 1.82) is 0 Å². The standard InChI is InChI=1S/C15H18N2O5/c1-9(2)7-11(15(19)20-3)16-14(18)10-8-13(22-17-10)12-5-4-6-21-12/h4-6,8-9,11H,7H2,1-3H3,(H,16,18)/t11-/m0/s1. The molecule has 0 unspecified atom stereocenters. The lowest BCUT2D eigenvalue weighted by atomic mass is 10.0. The second-order valence-corrected chi connectivity index (χ2v) is 5.23. The Morgan fingerprint density at radius 3 is 2.73 bits per heavy atom. The molecule has 1 amide bonds. The lowest BCUT2D eigenvalue weighted by Crippen LogP contribution is -2.42. The summed E-state index contributed by atoms with van der Waals surface area (Å²) in [6, 6.07) is 4.13. The van der Waals surface area contributed by atoms with E-state index in [1.54, 1.807) is 12.1 Å². The summed E-state index contributed by atoms with van der Waals surface area (Å²) in [7, 11) is 1.28. The van der Waals surface area contributed by atoms with Gasteiger partial charge in [-0.3, -0.25) is 4.79 Å². The van der Waals surface area contributed by atoms with Crippen LogP contribution in [0.3, 0.4) is 0 Å². The van der Waals surface area contributed by atoms with Crippen molar-refractivity contribution in [3.05, 3.63) is 30.2 Å². The Balaban J connectivity index is 2.08. The van der Waals surface area contributed by atoms with Gasteiger partial charge in [0.25, 0.3) is 5.91 Å². The van der Waals surface area contributed by atoms with E-state index in [0.29, 0.717) is 17.9 Å². The van der Waals surface area contributed by atoms with E-state index in [1.807, 2.05) is 13.8 Å². The summed E-state index contributed by atoms with van der Waals surface area (Å²) in [6.07, 6.45) is 1.97. The summed E-state index contributed by atoms with van der Waals surface area (Å²) in [4.78, 5) is 23.9. The largest absolute Gasteiger partial charge is 0.467 e. The lowest BCUT2D eigenvalue weighted by Gasteiger charge is -2.17. The van der Waals surface area contributed by atoms with Crippen molar-refractivity contribution in [3.63, 3.8) is 0 Å². The van der Waals surface area contributed by atoms with Gasteiger partial charge in [0.2, 0.25) is 5.76 Å². The third-order valence-electron chi connectivity index (χ3n) is 3.00. The second-order valence-electron chi connectivity index (χ2n) is 5.23. The van der Waals surface area contributed by atoms with Crippen LogP contribution in [0.4, 0.5) is 0 Å². The van der Waals surface area contributed by atoms with Gasteiger partial charge in [0.15, 0.2) is 11.5 Å². The SMILES string of the molecule is COC(=O)[C@H](CC(C)C)NC(=O)c1cc(-c2ccco2)on1. The first kappa shape index (κ1) is 15.8. The Hall–Kier alpha value is -2.57. The number of carbonyl (C=O) groups is 2. The molecule has 2 heterocycles. The molecule has 0 saturated carbocycles. The number of hydrogen-bond acceptors (Lipinski definition) is 6. The fourth-order valence-electron chi connectivity index (χ4n) is 1.98. The number of methoxy groups -OCH3 is 1. The molecule has 2 rings (SSSR count). The highest BCUT2D eigenvalue weighted by Gasteiger charge is 2.25. The Morgan fingerprint density at radius 1 is 1.36 bits per heavy atom. The zero-order valence-electron chi connectivity index (χ0n) is 12.7. The third kappa shape index (κ3) is 3.75. The summed E-state index contributed by atoms with van der Waals surface area (Å²) in [5.41, 5.74) is 0.0732. The average Bonchev–Trinajstić information content (AvgIpc) is 3.15. The van der Waals surface area contributed by atoms with Crippen LogP contribution in [0.25, 0.3) is 11.5 Å². The van der Waals surface area contributed by atoms with E-state index in [4.69, 9.17) is 13.7 Å². The number of esters is 1. The van der Waals surface area contributed by atoms with Crippen LogP contribution < -0.4 is 5.32 Å². The molecule has 118 valence electrons. The number of nitrogens with zero attached hydrogens (tertiary/aromatic N) is 1. The monoisotopic (exact) mass is 306 g/mol. The number of carbonyl (C=O) groups excluding carboxylic acids is 2. The van der Waals surface area contributed by atoms with Crippen LogP contribution in [0.5, 0.6) is 0 Å². The molecule has 0 aliphatic heterocycles. The van der Waals surface area contributed by atoms with Crippen LogP contribution in [0.1, 0.15) is 30.8 Å². The number of furan rings is 1. The molecule has 2 aromatic heterocycles. The van der Waals surface area contributed by atoms with E-state index < -0.39 is 17.9 Å². The first-order valence-electron chi connectivity index (χ1n) is 6.90. The molecule has 0 aliphatic carbocycles. The molecule has 22 heavy (non-hydrogen) atoms. The first-order valence-corrected chi connectivity index (χ1v) is 6.90. The van der Waals surface area contributed by atoms with Gasteiger partial charge >= 0.3 is 5.97 Å². The zero-order chi connectivity index (χ0) is 16.1. The normalized spacial score (nSPS) is 12.2. The van der Waals surface area contributed by atoms with Crippen molar-refractivity contribution < 1.29 is 23.3 Å². The zero-order valence-corrected chi connectivity index (χ0v) is 12.7. The van der Waals surface area contributed by atoms with Crippen LogP contribution >= 0.6 is 0 Å². The molecule has 7 heteroatoms. The maximum Gasteiger partial charge on any atom is 0.328 e. The van der Waals surface area contributed by atoms with Crippen molar-refractivity contribution in [3.8, 4) is 11.5 Å². The quantitative estimate of drug-likeness (QED) is 0.822. The molecule has 0 fully saturated rings. The number of ether oxygens (including phenoxy) is 1. The summed E-state index contributed by atoms with van der Waals surface area (Å²) < 4.78 is 14.9. The van der Waals surface area contributed by atoms with E-state index in [-0.39, 0.29) is 11.6 Å². The van der Waals surface area contributed by atoms with E-state index in [9.17, 15) is 9.59 Å². The predicted molar refractivity (Wildman–Crippen MR) is 76.9 cm³/mol. The van der Waals surface area contributed by atoms with Gasteiger partial charge in [-0.15, -0.1) is 0 Å². The minimum Gasteiger partial charge on any atom is -0.467 e. The fraction of sp³-hybridized carbons (Fsp3) is 0.400. The van der Waals surface area contributed by atoms with Crippen LogP contribution in [0, 0.1) is 5.92 Å². The molecule has 0 spiro atoms. The van der Waals surface area contributed by atoms with E-state index in [0.717, 1.165) is 0 Å². The van der Waals surface area contributed by atoms with Crippen molar-refractivity contribution in [2.75, 3.05) is 7.11 Å². The van der Waals surface area contributed by atoms with Gasteiger partial charge in [-0.05, 0) is 24.5 Å². The molecule has 1 N–H and O–H groups in total. The van der Waals surface area contributed by atoms with Gasteiger partial charge in [-0.2, -0.15) is 0 Å². The van der Waals surface area contributed by atoms with Crippen LogP contribution in [0.2, 0.25) is 0 Å². The highest BCUT2D eigenvalue weighted by atomic mass is 16.5. The minimum atomic E-state index is -0.721. The maximum absolute atomic E-state index is 12.2. The first-order chi connectivity index (χ1) is 10.5. The highest BCUT2D eigenvalue weighted by molar-refractivity contribution is 5.95. The smallest absolute Gasteiger partial charge is 0.328 e. The van der Waals surface area contributed by atoms with Crippen molar-refractivity contribution in [2.24, 2.45) is 5.92 Å². The average molecular weight is 306 g/mol. The molecule has 0 bridgehead atoms. The van der Waals surface area contributed by atoms with Gasteiger partial charge in [-0.1, -0.05) is 19.0 Å². The summed E-state index contributed by atoms with van der Waals surface area (Å²) in [6.45, 7) is 3.90. The van der Waals surface area contributed by atoms with Crippen molar-refractivity contribution >= 4 is 11.9 Å². The van der Waals surface area contributed by atoms with Gasteiger partial charge in [0.1, 0.15) is 6.04 Å². The van der Waals surface area contributed by atoms with Gasteiger partial charge in [0, 0.05) is 6.07 Å². The molecule has 2 aromatic rings. The Kier molecular flexibility index (Phi) is 4.98. The summed E-state index contributed by atoms with van der Waals surface area (Å²) >= 11 is 0. The Morgan fingerprint density at radius 2 is 2.14 bits per heavy atom. The minimum absolute atomic E-state index is 0.0732. The predicted octanol–water partition coefficient (Wildman–Crippen LogP) is 2.25. The van der Waals surface area contributed by atoms with Crippen molar-refractivity contribution in [2.45, 2.75) is 26.3 Å². The highest BCUT2D eigenvalue weighted by Crippen LogP contribution is 2.20. The van der Waals surface area contributed by atoms with Crippen LogP contribution in [0.15, 0.2) is 33.4 Å². The molecule has 7 nitrogen and oxygen atoms in total. The number of aromatic nitrogens is 1. The number of rotatable bonds is 6. The summed E-state index contributed by atoms with van der Waals surface area (Å²) in [5, 5.41) is 6.30. The molecule has 0 aliphatic rings. The maximum atomic E-state index is 12.2. The van der Waals surface area contributed by atoms with Crippen LogP contribution in [-0.4, -0.2) is 30.2 Å². The van der Waals surface area contributed by atoms with E-state index in [1.165, 1.54) is 19.4 Å². The Bertz CT molecular complexity index is 630. The van der Waals surface area contributed by atoms with E-state index >= 15 is 0 Å². The second kappa shape index (κ2) is 6.93. The van der Waals surface area contributed by atoms with Crippen molar-refractivity contribution in [1.82, 2.24) is 10.5 Å².